The third-order valence-corrected chi connectivity index (χ3v) is 11.4. The Morgan fingerprint density at radius 1 is 0.935 bits per heavy atom. The van der Waals surface area contributed by atoms with Gasteiger partial charge in [-0.05, 0) is 110 Å². The molecule has 244 valence electrons. The van der Waals surface area contributed by atoms with Crippen LogP contribution in [0.3, 0.4) is 0 Å². The van der Waals surface area contributed by atoms with E-state index in [1.54, 1.807) is 24.0 Å². The number of sulfonamides is 1. The number of carbonyl (C=O) groups excluding carboxylic acids is 1. The van der Waals surface area contributed by atoms with Crippen LogP contribution in [0.4, 0.5) is 13.2 Å². The monoisotopic (exact) mass is 650 g/mol. The van der Waals surface area contributed by atoms with E-state index in [0.29, 0.717) is 48.5 Å². The van der Waals surface area contributed by atoms with E-state index in [0.717, 1.165) is 41.3 Å². The predicted octanol–water partition coefficient (Wildman–Crippen LogP) is 8.73. The summed E-state index contributed by atoms with van der Waals surface area (Å²) < 4.78 is 69.2. The Hall–Kier alpha value is -3.69. The third kappa shape index (κ3) is 7.31. The van der Waals surface area contributed by atoms with Gasteiger partial charge in [-0.15, -0.1) is 0 Å². The molecule has 1 fully saturated rings. The quantitative estimate of drug-likeness (QED) is 0.182. The van der Waals surface area contributed by atoms with E-state index in [1.165, 1.54) is 16.4 Å². The second kappa shape index (κ2) is 13.6. The van der Waals surface area contributed by atoms with Gasteiger partial charge in [0.2, 0.25) is 10.0 Å². The molecule has 9 heteroatoms. The summed E-state index contributed by atoms with van der Waals surface area (Å²) in [6.45, 7) is 8.79. The van der Waals surface area contributed by atoms with Crippen LogP contribution >= 0.6 is 0 Å². The fraction of sp³-hybridized carbons (Fsp3) is 0.378. The number of aryl methyl sites for hydroxylation is 2. The smallest absolute Gasteiger partial charge is 0.332 e. The lowest BCUT2D eigenvalue weighted by molar-refractivity contribution is -0.137. The van der Waals surface area contributed by atoms with Crippen molar-refractivity contribution in [2.24, 2.45) is 5.92 Å². The molecule has 1 aliphatic heterocycles. The van der Waals surface area contributed by atoms with Crippen LogP contribution in [0.5, 0.6) is 0 Å². The molecule has 4 aromatic rings. The van der Waals surface area contributed by atoms with E-state index >= 15 is 0 Å². The van der Waals surface area contributed by atoms with Gasteiger partial charge in [-0.2, -0.15) is 17.5 Å². The van der Waals surface area contributed by atoms with Gasteiger partial charge in [0.05, 0.1) is 16.5 Å². The number of piperidine rings is 1. The lowest BCUT2D eigenvalue weighted by atomic mass is 9.99. The summed E-state index contributed by atoms with van der Waals surface area (Å²) in [7, 11) is -3.82. The molecule has 0 aromatic heterocycles. The number of hydrogen-bond donors (Lipinski definition) is 0. The summed E-state index contributed by atoms with van der Waals surface area (Å²) in [5.74, 6) is 0.139. The lowest BCUT2D eigenvalue weighted by Crippen LogP contribution is -2.38. The van der Waals surface area contributed by atoms with Crippen LogP contribution in [-0.2, 0) is 22.6 Å². The van der Waals surface area contributed by atoms with Crippen LogP contribution < -0.4 is 0 Å². The molecule has 0 saturated carbocycles. The summed E-state index contributed by atoms with van der Waals surface area (Å²) in [5.41, 5.74) is 2.35. The zero-order valence-electron chi connectivity index (χ0n) is 26.8. The first-order valence-electron chi connectivity index (χ1n) is 15.8. The van der Waals surface area contributed by atoms with Crippen LogP contribution in [-0.4, -0.2) is 43.2 Å². The molecule has 0 spiro atoms. The van der Waals surface area contributed by atoms with Crippen LogP contribution in [0.2, 0.25) is 0 Å². The summed E-state index contributed by atoms with van der Waals surface area (Å²) in [6, 6.07) is 22.1. The van der Waals surface area contributed by atoms with Gasteiger partial charge in [0.25, 0.3) is 5.91 Å². The number of fused-ring (bicyclic) bond motifs is 1. The number of rotatable bonds is 9. The Morgan fingerprint density at radius 2 is 1.63 bits per heavy atom. The van der Waals surface area contributed by atoms with E-state index in [4.69, 9.17) is 0 Å². The predicted molar refractivity (Wildman–Crippen MR) is 176 cm³/mol. The minimum absolute atomic E-state index is 0.146. The lowest BCUT2D eigenvalue weighted by Gasteiger charge is -2.32. The zero-order chi connectivity index (χ0) is 33.2. The van der Waals surface area contributed by atoms with E-state index in [-0.39, 0.29) is 29.0 Å². The fourth-order valence-corrected chi connectivity index (χ4v) is 8.02. The number of alkyl halides is 3. The first-order valence-corrected chi connectivity index (χ1v) is 17.3. The maximum atomic E-state index is 14.4. The fourth-order valence-electron chi connectivity index (χ4n) is 6.22. The minimum Gasteiger partial charge on any atom is -0.332 e. The maximum absolute atomic E-state index is 14.4. The van der Waals surface area contributed by atoms with E-state index in [2.05, 4.69) is 6.92 Å². The molecule has 0 radical (unpaired) electrons. The maximum Gasteiger partial charge on any atom is 0.416 e. The van der Waals surface area contributed by atoms with Crippen molar-refractivity contribution in [3.63, 3.8) is 0 Å². The highest BCUT2D eigenvalue weighted by atomic mass is 32.2. The highest BCUT2D eigenvalue weighted by Crippen LogP contribution is 2.32. The summed E-state index contributed by atoms with van der Waals surface area (Å²) in [6.07, 6.45) is -2.08. The molecule has 4 aromatic carbocycles. The SMILES string of the molecule is Cc1cc(C(=O)N(CCCc2cccc(C(F)(F)F)c2)[C@@H](C)c2ccc3ccccc3c2)cc(S(=O)(=O)N2CCC(C)CC2)c1C. The van der Waals surface area contributed by atoms with Crippen molar-refractivity contribution in [1.29, 1.82) is 0 Å². The van der Waals surface area contributed by atoms with Crippen LogP contribution in [0.15, 0.2) is 83.8 Å². The first-order chi connectivity index (χ1) is 21.8. The molecule has 1 saturated heterocycles. The molecule has 1 aliphatic rings. The standard InChI is InChI=1S/C37H41F3N2O3S/c1-25-16-19-41(20-17-25)46(44,45)35-24-33(21-26(2)27(35)3)36(43)42(18-8-10-29-9-7-13-34(22-29)37(38,39)40)28(4)31-15-14-30-11-5-6-12-32(30)23-31/h5-7,9,11-15,21-25,28H,8,10,16-20H2,1-4H3/t28-/m0/s1. The van der Waals surface area contributed by atoms with Crippen LogP contribution in [0, 0.1) is 19.8 Å². The zero-order valence-corrected chi connectivity index (χ0v) is 27.6. The highest BCUT2D eigenvalue weighted by molar-refractivity contribution is 7.89. The van der Waals surface area contributed by atoms with Crippen LogP contribution in [0.1, 0.15) is 77.3 Å². The van der Waals surface area contributed by atoms with E-state index in [9.17, 15) is 26.4 Å². The Labute approximate surface area is 270 Å². The molecule has 0 aliphatic carbocycles. The van der Waals surface area contributed by atoms with Crippen molar-refractivity contribution in [2.75, 3.05) is 19.6 Å². The van der Waals surface area contributed by atoms with E-state index in [1.807, 2.05) is 56.3 Å². The number of amides is 1. The molecule has 0 unspecified atom stereocenters. The number of nitrogens with zero attached hydrogens (tertiary/aromatic N) is 2. The molecule has 5 rings (SSSR count). The molecular weight excluding hydrogens is 609 g/mol. The van der Waals surface area contributed by atoms with Crippen LogP contribution in [0.25, 0.3) is 10.8 Å². The van der Waals surface area contributed by atoms with Crippen molar-refractivity contribution in [3.8, 4) is 0 Å². The van der Waals surface area contributed by atoms with Crippen molar-refractivity contribution >= 4 is 26.7 Å². The molecule has 1 atom stereocenters. The Morgan fingerprint density at radius 3 is 2.33 bits per heavy atom. The number of carbonyl (C=O) groups is 1. The largest absolute Gasteiger partial charge is 0.416 e. The molecule has 1 amide bonds. The average molecular weight is 651 g/mol. The number of benzene rings is 4. The second-order valence-electron chi connectivity index (χ2n) is 12.6. The van der Waals surface area contributed by atoms with Crippen molar-refractivity contribution in [2.45, 2.75) is 70.5 Å². The Balaban J connectivity index is 1.48. The van der Waals surface area contributed by atoms with Crippen molar-refractivity contribution in [1.82, 2.24) is 9.21 Å². The average Bonchev–Trinajstić information content (AvgIpc) is 3.03. The Bertz CT molecular complexity index is 1830. The summed E-state index contributed by atoms with van der Waals surface area (Å²) in [4.78, 5) is 16.2. The normalized spacial score (nSPS) is 15.6. The molecular formula is C37H41F3N2O3S. The Kier molecular flexibility index (Phi) is 9.94. The van der Waals surface area contributed by atoms with Gasteiger partial charge in [0.15, 0.2) is 0 Å². The highest BCUT2D eigenvalue weighted by Gasteiger charge is 2.32. The van der Waals surface area contributed by atoms with Gasteiger partial charge in [-0.1, -0.05) is 61.5 Å². The third-order valence-electron chi connectivity index (χ3n) is 9.33. The minimum atomic E-state index is -4.43. The number of hydrogen-bond acceptors (Lipinski definition) is 3. The van der Waals surface area contributed by atoms with Gasteiger partial charge >= 0.3 is 6.18 Å². The van der Waals surface area contributed by atoms with Gasteiger partial charge in [0, 0.05) is 25.2 Å². The van der Waals surface area contributed by atoms with Gasteiger partial charge in [0.1, 0.15) is 0 Å². The number of halogens is 3. The van der Waals surface area contributed by atoms with Gasteiger partial charge < -0.3 is 4.90 Å². The molecule has 1 heterocycles. The second-order valence-corrected chi connectivity index (χ2v) is 14.5. The topological polar surface area (TPSA) is 57.7 Å². The molecule has 0 N–H and O–H groups in total. The van der Waals surface area contributed by atoms with Gasteiger partial charge in [-0.3, -0.25) is 4.79 Å². The van der Waals surface area contributed by atoms with Crippen molar-refractivity contribution < 1.29 is 26.4 Å². The van der Waals surface area contributed by atoms with Crippen molar-refractivity contribution in [3.05, 3.63) is 112 Å². The molecule has 46 heavy (non-hydrogen) atoms. The summed E-state index contributed by atoms with van der Waals surface area (Å²) in [5, 5.41) is 2.09. The van der Waals surface area contributed by atoms with E-state index < -0.39 is 21.8 Å². The first kappa shape index (κ1) is 33.7. The molecule has 0 bridgehead atoms. The van der Waals surface area contributed by atoms with Gasteiger partial charge in [-0.25, -0.2) is 8.42 Å². The molecule has 5 nitrogen and oxygen atoms in total. The summed E-state index contributed by atoms with van der Waals surface area (Å²) >= 11 is 0.